The highest BCUT2D eigenvalue weighted by Gasteiger charge is 2.19. The summed E-state index contributed by atoms with van der Waals surface area (Å²) in [6, 6.07) is 18.9. The number of aliphatic imine (C=N–C) groups is 1. The third-order valence-electron chi connectivity index (χ3n) is 4.99. The van der Waals surface area contributed by atoms with Gasteiger partial charge in [-0.3, -0.25) is 9.89 Å². The van der Waals surface area contributed by atoms with E-state index in [1.54, 1.807) is 7.11 Å². The van der Waals surface area contributed by atoms with Crippen molar-refractivity contribution in [2.24, 2.45) is 4.99 Å². The smallest absolute Gasteiger partial charge is 0.193 e. The lowest BCUT2D eigenvalue weighted by atomic mass is 10.1. The van der Waals surface area contributed by atoms with Gasteiger partial charge in [0.2, 0.25) is 0 Å². The number of nitrogens with zero attached hydrogens (tertiary/aromatic N) is 3. The number of benzene rings is 2. The van der Waals surface area contributed by atoms with E-state index in [1.807, 2.05) is 19.2 Å². The molecule has 6 heteroatoms. The summed E-state index contributed by atoms with van der Waals surface area (Å²) in [6.45, 7) is 6.05. The summed E-state index contributed by atoms with van der Waals surface area (Å²) in [6.07, 6.45) is 0.969. The first kappa shape index (κ1) is 22.5. The van der Waals surface area contributed by atoms with Gasteiger partial charge in [-0.2, -0.15) is 0 Å². The second kappa shape index (κ2) is 11.9. The highest BCUT2D eigenvalue weighted by Crippen LogP contribution is 2.12. The molecule has 1 aliphatic rings. The molecule has 1 aliphatic heterocycles. The minimum atomic E-state index is 0. The first-order chi connectivity index (χ1) is 13.3. The second-order valence-electron chi connectivity index (χ2n) is 6.82. The Labute approximate surface area is 185 Å². The summed E-state index contributed by atoms with van der Waals surface area (Å²) in [7, 11) is 3.56. The van der Waals surface area contributed by atoms with E-state index in [1.165, 1.54) is 11.1 Å². The molecule has 3 rings (SSSR count). The fraction of sp³-hybridized carbons (Fsp3) is 0.409. The Bertz CT molecular complexity index is 713. The van der Waals surface area contributed by atoms with Crippen molar-refractivity contribution in [1.29, 1.82) is 0 Å². The van der Waals surface area contributed by atoms with E-state index in [0.29, 0.717) is 0 Å². The van der Waals surface area contributed by atoms with Crippen molar-refractivity contribution in [1.82, 2.24) is 15.1 Å². The van der Waals surface area contributed by atoms with Crippen molar-refractivity contribution in [3.63, 3.8) is 0 Å². The lowest BCUT2D eigenvalue weighted by Crippen LogP contribution is -2.52. The number of rotatable bonds is 6. The molecule has 0 aromatic heterocycles. The van der Waals surface area contributed by atoms with Gasteiger partial charge in [0.15, 0.2) is 5.96 Å². The molecule has 0 amide bonds. The SMILES string of the molecule is CN=C(NCCc1ccc(OC)cc1)N1CCN(Cc2ccccc2)CC1.I. The van der Waals surface area contributed by atoms with Crippen molar-refractivity contribution in [3.8, 4) is 5.75 Å². The van der Waals surface area contributed by atoms with Crippen LogP contribution in [-0.2, 0) is 13.0 Å². The van der Waals surface area contributed by atoms with Gasteiger partial charge >= 0.3 is 0 Å². The lowest BCUT2D eigenvalue weighted by Gasteiger charge is -2.36. The Morgan fingerprint density at radius 2 is 1.64 bits per heavy atom. The van der Waals surface area contributed by atoms with Crippen molar-refractivity contribution < 1.29 is 4.74 Å². The van der Waals surface area contributed by atoms with E-state index in [9.17, 15) is 0 Å². The van der Waals surface area contributed by atoms with Crippen molar-refractivity contribution in [2.45, 2.75) is 13.0 Å². The molecule has 5 nitrogen and oxygen atoms in total. The topological polar surface area (TPSA) is 40.1 Å². The van der Waals surface area contributed by atoms with Gasteiger partial charge in [-0.25, -0.2) is 0 Å². The van der Waals surface area contributed by atoms with E-state index in [2.05, 4.69) is 62.6 Å². The largest absolute Gasteiger partial charge is 0.497 e. The van der Waals surface area contributed by atoms with Crippen LogP contribution in [0.4, 0.5) is 0 Å². The molecule has 1 fully saturated rings. The quantitative estimate of drug-likeness (QED) is 0.381. The molecule has 0 unspecified atom stereocenters. The summed E-state index contributed by atoms with van der Waals surface area (Å²) >= 11 is 0. The van der Waals surface area contributed by atoms with E-state index < -0.39 is 0 Å². The summed E-state index contributed by atoms with van der Waals surface area (Å²) in [5, 5.41) is 3.51. The van der Waals surface area contributed by atoms with Crippen LogP contribution in [0.25, 0.3) is 0 Å². The van der Waals surface area contributed by atoms with E-state index in [4.69, 9.17) is 4.74 Å². The fourth-order valence-corrected chi connectivity index (χ4v) is 3.40. The maximum Gasteiger partial charge on any atom is 0.193 e. The normalized spacial score (nSPS) is 15.1. The number of nitrogens with one attached hydrogen (secondary N) is 1. The van der Waals surface area contributed by atoms with E-state index in [0.717, 1.165) is 57.4 Å². The first-order valence-corrected chi connectivity index (χ1v) is 9.63. The Morgan fingerprint density at radius 1 is 0.964 bits per heavy atom. The molecular formula is C22H31IN4O. The van der Waals surface area contributed by atoms with Crippen LogP contribution < -0.4 is 10.1 Å². The minimum Gasteiger partial charge on any atom is -0.497 e. The monoisotopic (exact) mass is 494 g/mol. The number of hydrogen-bond acceptors (Lipinski definition) is 3. The molecule has 1 heterocycles. The van der Waals surface area contributed by atoms with Crippen LogP contribution in [0.5, 0.6) is 5.75 Å². The van der Waals surface area contributed by atoms with Gasteiger partial charge in [-0.15, -0.1) is 24.0 Å². The minimum absolute atomic E-state index is 0. The highest BCUT2D eigenvalue weighted by atomic mass is 127. The van der Waals surface area contributed by atoms with Crippen LogP contribution in [0.3, 0.4) is 0 Å². The van der Waals surface area contributed by atoms with Crippen LogP contribution >= 0.6 is 24.0 Å². The lowest BCUT2D eigenvalue weighted by molar-refractivity contribution is 0.172. The van der Waals surface area contributed by atoms with E-state index >= 15 is 0 Å². The molecule has 0 atom stereocenters. The van der Waals surface area contributed by atoms with Gasteiger partial charge in [-0.05, 0) is 29.7 Å². The van der Waals surface area contributed by atoms with Gasteiger partial charge < -0.3 is 15.0 Å². The molecule has 0 radical (unpaired) electrons. The average molecular weight is 494 g/mol. The van der Waals surface area contributed by atoms with Crippen LogP contribution in [0.15, 0.2) is 59.6 Å². The number of ether oxygens (including phenoxy) is 1. The molecule has 2 aromatic rings. The zero-order valence-electron chi connectivity index (χ0n) is 16.8. The Balaban J connectivity index is 0.00000280. The summed E-state index contributed by atoms with van der Waals surface area (Å²) in [5.74, 6) is 1.90. The van der Waals surface area contributed by atoms with Crippen molar-refractivity contribution in [2.75, 3.05) is 46.9 Å². The zero-order chi connectivity index (χ0) is 18.9. The Kier molecular flexibility index (Phi) is 9.57. The number of guanidine groups is 1. The van der Waals surface area contributed by atoms with Crippen molar-refractivity contribution >= 4 is 29.9 Å². The Morgan fingerprint density at radius 3 is 2.25 bits per heavy atom. The maximum absolute atomic E-state index is 5.21. The molecule has 0 saturated carbocycles. The molecule has 0 bridgehead atoms. The molecule has 1 saturated heterocycles. The number of piperazine rings is 1. The standard InChI is InChI=1S/C22H30N4O.HI/c1-23-22(24-13-12-19-8-10-21(27-2)11-9-19)26-16-14-25(15-17-26)18-20-6-4-3-5-7-20;/h3-11H,12-18H2,1-2H3,(H,23,24);1H. The van der Waals surface area contributed by atoms with Crippen LogP contribution in [0.1, 0.15) is 11.1 Å². The van der Waals surface area contributed by atoms with Crippen LogP contribution in [0, 0.1) is 0 Å². The van der Waals surface area contributed by atoms with Gasteiger partial charge in [0.25, 0.3) is 0 Å². The summed E-state index contributed by atoms with van der Waals surface area (Å²) in [5.41, 5.74) is 2.68. The van der Waals surface area contributed by atoms with Crippen molar-refractivity contribution in [3.05, 3.63) is 65.7 Å². The third-order valence-corrected chi connectivity index (χ3v) is 4.99. The maximum atomic E-state index is 5.21. The molecule has 0 spiro atoms. The highest BCUT2D eigenvalue weighted by molar-refractivity contribution is 14.0. The average Bonchev–Trinajstić information content (AvgIpc) is 2.73. The molecule has 28 heavy (non-hydrogen) atoms. The summed E-state index contributed by atoms with van der Waals surface area (Å²) < 4.78 is 5.21. The van der Waals surface area contributed by atoms with Gasteiger partial charge in [0, 0.05) is 46.3 Å². The van der Waals surface area contributed by atoms with Crippen LogP contribution in [-0.4, -0.2) is 62.6 Å². The number of halogens is 1. The number of methoxy groups -OCH3 is 1. The molecule has 152 valence electrons. The molecular weight excluding hydrogens is 463 g/mol. The van der Waals surface area contributed by atoms with Gasteiger partial charge in [0.1, 0.15) is 5.75 Å². The predicted octanol–water partition coefficient (Wildman–Crippen LogP) is 3.25. The zero-order valence-corrected chi connectivity index (χ0v) is 19.1. The van der Waals surface area contributed by atoms with E-state index in [-0.39, 0.29) is 24.0 Å². The van der Waals surface area contributed by atoms with Gasteiger partial charge in [0.05, 0.1) is 7.11 Å². The first-order valence-electron chi connectivity index (χ1n) is 9.63. The molecule has 1 N–H and O–H groups in total. The summed E-state index contributed by atoms with van der Waals surface area (Å²) in [4.78, 5) is 9.34. The fourth-order valence-electron chi connectivity index (χ4n) is 3.40. The number of hydrogen-bond donors (Lipinski definition) is 1. The molecule has 0 aliphatic carbocycles. The molecule has 2 aromatic carbocycles. The Hall–Kier alpha value is -1.80. The predicted molar refractivity (Wildman–Crippen MR) is 127 cm³/mol. The van der Waals surface area contributed by atoms with Crippen LogP contribution in [0.2, 0.25) is 0 Å². The van der Waals surface area contributed by atoms with Gasteiger partial charge in [-0.1, -0.05) is 42.5 Å². The third kappa shape index (κ3) is 6.67. The second-order valence-corrected chi connectivity index (χ2v) is 6.82.